The van der Waals surface area contributed by atoms with Crippen LogP contribution in [0.25, 0.3) is 0 Å². The highest BCUT2D eigenvalue weighted by Gasteiger charge is 2.72. The lowest BCUT2D eigenvalue weighted by molar-refractivity contribution is 0.162. The summed E-state index contributed by atoms with van der Waals surface area (Å²) in [5, 5.41) is 8.98. The molecule has 2 aromatic rings. The van der Waals surface area contributed by atoms with Gasteiger partial charge in [-0.3, -0.25) is 0 Å². The summed E-state index contributed by atoms with van der Waals surface area (Å²) >= 11 is 3.38. The fourth-order valence-corrected chi connectivity index (χ4v) is 6.03. The smallest absolute Gasteiger partial charge is 0.183 e. The number of benzene rings is 2. The maximum atomic E-state index is 13.2. The van der Waals surface area contributed by atoms with Crippen LogP contribution in [0.15, 0.2) is 57.9 Å². The predicted molar refractivity (Wildman–Crippen MR) is 99.0 cm³/mol. The van der Waals surface area contributed by atoms with Crippen LogP contribution in [0.1, 0.15) is 17.0 Å². The highest BCUT2D eigenvalue weighted by Crippen LogP contribution is 2.63. The maximum Gasteiger partial charge on any atom is 0.183 e. The lowest BCUT2D eigenvalue weighted by atomic mass is 10.0. The average Bonchev–Trinajstić information content (AvgIpc) is 3.26. The van der Waals surface area contributed by atoms with Crippen molar-refractivity contribution in [1.82, 2.24) is 0 Å². The molecule has 1 aliphatic rings. The highest BCUT2D eigenvalue weighted by atomic mass is 79.9. The van der Waals surface area contributed by atoms with E-state index in [4.69, 9.17) is 4.74 Å². The predicted octanol–water partition coefficient (Wildman–Crippen LogP) is 3.85. The van der Waals surface area contributed by atoms with E-state index < -0.39 is 26.4 Å². The zero-order valence-electron chi connectivity index (χ0n) is 13.9. The van der Waals surface area contributed by atoms with Gasteiger partial charge in [0.15, 0.2) is 9.84 Å². The van der Waals surface area contributed by atoms with Gasteiger partial charge in [-0.25, -0.2) is 8.42 Å². The fourth-order valence-electron chi connectivity index (χ4n) is 3.45. The molecule has 1 saturated carbocycles. The van der Waals surface area contributed by atoms with Gasteiger partial charge in [0.1, 0.15) is 5.41 Å². The van der Waals surface area contributed by atoms with Crippen molar-refractivity contribution < 1.29 is 13.2 Å². The molecule has 0 amide bonds. The highest BCUT2D eigenvalue weighted by molar-refractivity contribution is 9.10. The minimum atomic E-state index is -3.65. The molecule has 0 saturated heterocycles. The molecule has 4 nitrogen and oxygen atoms in total. The Bertz CT molecular complexity index is 917. The number of ether oxygens (including phenoxy) is 1. The van der Waals surface area contributed by atoms with Gasteiger partial charge in [-0.2, -0.15) is 5.26 Å². The Balaban J connectivity index is 2.07. The molecule has 1 aliphatic carbocycles. The van der Waals surface area contributed by atoms with Crippen LogP contribution in [0.3, 0.4) is 0 Å². The van der Waals surface area contributed by atoms with E-state index in [0.717, 1.165) is 15.6 Å². The molecular formula is C19H18BrNO3S. The summed E-state index contributed by atoms with van der Waals surface area (Å²) < 4.78 is 32.5. The number of rotatable bonds is 5. The summed E-state index contributed by atoms with van der Waals surface area (Å²) in [6, 6.07) is 16.4. The van der Waals surface area contributed by atoms with Crippen molar-refractivity contribution in [2.75, 3.05) is 13.7 Å². The van der Waals surface area contributed by atoms with Gasteiger partial charge in [-0.15, -0.1) is 0 Å². The summed E-state index contributed by atoms with van der Waals surface area (Å²) in [6.45, 7) is 1.99. The zero-order chi connectivity index (χ0) is 18.2. The Morgan fingerprint density at radius 3 is 2.28 bits per heavy atom. The second-order valence-corrected chi connectivity index (χ2v) is 9.38. The van der Waals surface area contributed by atoms with Gasteiger partial charge in [0, 0.05) is 17.5 Å². The summed E-state index contributed by atoms with van der Waals surface area (Å²) in [7, 11) is -2.15. The third-order valence-electron chi connectivity index (χ3n) is 4.76. The first-order chi connectivity index (χ1) is 11.9. The van der Waals surface area contributed by atoms with E-state index in [1.54, 1.807) is 24.3 Å². The van der Waals surface area contributed by atoms with Crippen molar-refractivity contribution in [3.8, 4) is 6.07 Å². The molecule has 0 aliphatic heterocycles. The largest absolute Gasteiger partial charge is 0.383 e. The van der Waals surface area contributed by atoms with Crippen molar-refractivity contribution in [2.45, 2.75) is 23.0 Å². The quantitative estimate of drug-likeness (QED) is 0.737. The zero-order valence-corrected chi connectivity index (χ0v) is 16.3. The monoisotopic (exact) mass is 419 g/mol. The van der Waals surface area contributed by atoms with E-state index in [2.05, 4.69) is 22.0 Å². The van der Waals surface area contributed by atoms with Gasteiger partial charge < -0.3 is 4.74 Å². The Labute approximate surface area is 156 Å². The van der Waals surface area contributed by atoms with E-state index in [0.29, 0.717) is 0 Å². The molecule has 1 fully saturated rings. The number of sulfone groups is 1. The number of aryl methyl sites for hydroxylation is 1. The summed E-state index contributed by atoms with van der Waals surface area (Å²) in [5.41, 5.74) is 0.761. The van der Waals surface area contributed by atoms with Gasteiger partial charge in [0.05, 0.1) is 22.8 Å². The van der Waals surface area contributed by atoms with Gasteiger partial charge in [-0.05, 0) is 36.8 Å². The second-order valence-electron chi connectivity index (χ2n) is 6.39. The normalized spacial score (nSPS) is 25.4. The van der Waals surface area contributed by atoms with Gasteiger partial charge in [0.25, 0.3) is 0 Å². The molecule has 0 heterocycles. The first-order valence-electron chi connectivity index (χ1n) is 7.83. The number of methoxy groups -OCH3 is 1. The molecule has 0 bridgehead atoms. The van der Waals surface area contributed by atoms with Crippen molar-refractivity contribution in [3.05, 3.63) is 64.1 Å². The first kappa shape index (κ1) is 18.1. The van der Waals surface area contributed by atoms with Gasteiger partial charge >= 0.3 is 0 Å². The molecule has 0 radical (unpaired) electrons. The number of halogens is 1. The minimum absolute atomic E-state index is 0.0833. The number of nitriles is 1. The molecule has 6 heteroatoms. The topological polar surface area (TPSA) is 67.2 Å². The Hall–Kier alpha value is -1.68. The van der Waals surface area contributed by atoms with E-state index >= 15 is 0 Å². The summed E-state index contributed by atoms with van der Waals surface area (Å²) in [6.07, 6.45) is 0. The molecule has 2 aromatic carbocycles. The number of nitrogens with zero attached hydrogens (tertiary/aromatic N) is 1. The van der Waals surface area contributed by atoms with Crippen LogP contribution in [-0.2, 0) is 14.6 Å². The van der Waals surface area contributed by atoms with Gasteiger partial charge in [0.2, 0.25) is 0 Å². The van der Waals surface area contributed by atoms with Crippen molar-refractivity contribution in [3.63, 3.8) is 0 Å². The van der Waals surface area contributed by atoms with E-state index in [1.165, 1.54) is 7.11 Å². The van der Waals surface area contributed by atoms with Crippen LogP contribution in [0.2, 0.25) is 0 Å². The lowest BCUT2D eigenvalue weighted by Crippen LogP contribution is -2.19. The molecule has 25 heavy (non-hydrogen) atoms. The average molecular weight is 420 g/mol. The van der Waals surface area contributed by atoms with Crippen molar-refractivity contribution in [1.29, 1.82) is 5.26 Å². The van der Waals surface area contributed by atoms with Crippen LogP contribution in [0.5, 0.6) is 0 Å². The molecule has 0 aromatic heterocycles. The standard InChI is InChI=1S/C19H18BrNO3S/c1-13-3-9-16(10-4-13)25(22,23)18-17(19(18,11-21)12-24-2)14-5-7-15(20)8-6-14/h3-10,17-18H,12H2,1-2H3/t17-,18-,19-/m1/s1. The second kappa shape index (κ2) is 6.56. The van der Waals surface area contributed by atoms with Crippen LogP contribution in [0, 0.1) is 23.7 Å². The van der Waals surface area contributed by atoms with E-state index in [-0.39, 0.29) is 11.5 Å². The molecule has 3 rings (SSSR count). The molecule has 3 atom stereocenters. The fraction of sp³-hybridized carbons (Fsp3) is 0.316. The Morgan fingerprint density at radius 2 is 1.76 bits per heavy atom. The van der Waals surface area contributed by atoms with Crippen LogP contribution in [0.4, 0.5) is 0 Å². The third kappa shape index (κ3) is 3.01. The summed E-state index contributed by atoms with van der Waals surface area (Å²) in [4.78, 5) is 0.249. The molecule has 0 N–H and O–H groups in total. The SMILES string of the molecule is COC[C@]1(C#N)[C@H](c2ccc(Br)cc2)[C@H]1S(=O)(=O)c1ccc(C)cc1. The van der Waals surface area contributed by atoms with Crippen LogP contribution in [-0.4, -0.2) is 27.4 Å². The van der Waals surface area contributed by atoms with E-state index in [9.17, 15) is 13.7 Å². The third-order valence-corrected chi connectivity index (χ3v) is 7.58. The van der Waals surface area contributed by atoms with E-state index in [1.807, 2.05) is 31.2 Å². The molecule has 130 valence electrons. The van der Waals surface area contributed by atoms with Crippen LogP contribution >= 0.6 is 15.9 Å². The summed E-state index contributed by atoms with van der Waals surface area (Å²) in [5.74, 6) is -0.406. The molecule has 0 spiro atoms. The Morgan fingerprint density at radius 1 is 1.16 bits per heavy atom. The lowest BCUT2D eigenvalue weighted by Gasteiger charge is -2.08. The maximum absolute atomic E-state index is 13.2. The number of hydrogen-bond acceptors (Lipinski definition) is 4. The van der Waals surface area contributed by atoms with Crippen molar-refractivity contribution in [2.24, 2.45) is 5.41 Å². The number of hydrogen-bond donors (Lipinski definition) is 0. The minimum Gasteiger partial charge on any atom is -0.383 e. The van der Waals surface area contributed by atoms with Gasteiger partial charge in [-0.1, -0.05) is 45.8 Å². The molecule has 0 unspecified atom stereocenters. The Kier molecular flexibility index (Phi) is 4.76. The van der Waals surface area contributed by atoms with Crippen molar-refractivity contribution >= 4 is 25.8 Å². The van der Waals surface area contributed by atoms with Crippen LogP contribution < -0.4 is 0 Å². The molecular weight excluding hydrogens is 402 g/mol. The first-order valence-corrected chi connectivity index (χ1v) is 10.2.